The predicted molar refractivity (Wildman–Crippen MR) is 86.9 cm³/mol. The summed E-state index contributed by atoms with van der Waals surface area (Å²) in [7, 11) is 0. The van der Waals surface area contributed by atoms with E-state index >= 15 is 0 Å². The molecule has 26 heavy (non-hydrogen) atoms. The van der Waals surface area contributed by atoms with Crippen molar-refractivity contribution >= 4 is 11.9 Å². The smallest absolute Gasteiger partial charge is 0.322 e. The molecule has 0 amide bonds. The molecule has 2 saturated carbocycles. The van der Waals surface area contributed by atoms with Gasteiger partial charge in [0.2, 0.25) is 0 Å². The van der Waals surface area contributed by atoms with Gasteiger partial charge in [-0.05, 0) is 36.1 Å². The Hall–Kier alpha value is -2.26. The normalized spacial score (nSPS) is 32.3. The molecule has 2 aliphatic heterocycles. The number of hydrogen-bond acceptors (Lipinski definition) is 10. The molecule has 10 heteroatoms. The largest absolute Gasteiger partial charge is 0.335 e. The number of rotatable bonds is 5. The van der Waals surface area contributed by atoms with E-state index in [-0.39, 0.29) is 37.0 Å². The van der Waals surface area contributed by atoms with Crippen LogP contribution in [0.2, 0.25) is 0 Å². The predicted octanol–water partition coefficient (Wildman–Crippen LogP) is 2.67. The Labute approximate surface area is 151 Å². The van der Waals surface area contributed by atoms with Gasteiger partial charge in [-0.15, -0.1) is 0 Å². The van der Waals surface area contributed by atoms with Crippen molar-refractivity contribution in [2.45, 2.75) is 88.4 Å². The topological polar surface area (TPSA) is 109 Å². The lowest BCUT2D eigenvalue weighted by atomic mass is 9.92. The van der Waals surface area contributed by atoms with Gasteiger partial charge in [0.15, 0.2) is 0 Å². The highest BCUT2D eigenvalue weighted by atomic mass is 16.7. The van der Waals surface area contributed by atoms with E-state index in [0.29, 0.717) is 0 Å². The van der Waals surface area contributed by atoms with Gasteiger partial charge >= 0.3 is 11.9 Å². The van der Waals surface area contributed by atoms with E-state index < -0.39 is 11.9 Å². The van der Waals surface area contributed by atoms with Crippen molar-refractivity contribution in [2.75, 3.05) is 0 Å². The summed E-state index contributed by atoms with van der Waals surface area (Å²) in [5.41, 5.74) is 0. The van der Waals surface area contributed by atoms with Crippen LogP contribution in [0.25, 0.3) is 0 Å². The van der Waals surface area contributed by atoms with Crippen molar-refractivity contribution in [3.05, 3.63) is 0 Å². The summed E-state index contributed by atoms with van der Waals surface area (Å²) in [6.07, 6.45) is 8.06. The molecule has 10 nitrogen and oxygen atoms in total. The van der Waals surface area contributed by atoms with E-state index in [0.717, 1.165) is 51.4 Å². The van der Waals surface area contributed by atoms with E-state index in [2.05, 4.69) is 20.7 Å². The molecule has 4 unspecified atom stereocenters. The second-order valence-electron chi connectivity index (χ2n) is 7.28. The molecule has 0 aromatic heterocycles. The maximum Gasteiger partial charge on any atom is 0.335 e. The summed E-state index contributed by atoms with van der Waals surface area (Å²) in [4.78, 5) is 34.5. The maximum absolute atomic E-state index is 12.0. The first-order valence-corrected chi connectivity index (χ1v) is 9.52. The summed E-state index contributed by atoms with van der Waals surface area (Å²) >= 11 is 0. The third-order valence-corrected chi connectivity index (χ3v) is 5.46. The summed E-state index contributed by atoms with van der Waals surface area (Å²) in [5.74, 6) is -1.02. The van der Waals surface area contributed by atoms with E-state index in [4.69, 9.17) is 9.68 Å². The van der Waals surface area contributed by atoms with Crippen LogP contribution in [0.5, 0.6) is 0 Å². The lowest BCUT2D eigenvalue weighted by Gasteiger charge is -2.27. The minimum atomic E-state index is -0.509. The van der Waals surface area contributed by atoms with Gasteiger partial charge in [0.25, 0.3) is 0 Å². The van der Waals surface area contributed by atoms with E-state index in [1.54, 1.807) is 0 Å². The van der Waals surface area contributed by atoms with Crippen LogP contribution >= 0.6 is 0 Å². The quantitative estimate of drug-likeness (QED) is 0.742. The second-order valence-corrected chi connectivity index (χ2v) is 7.28. The van der Waals surface area contributed by atoms with Gasteiger partial charge in [0.05, 0.1) is 24.9 Å². The average Bonchev–Trinajstić information content (AvgIpc) is 3.25. The highest BCUT2D eigenvalue weighted by molar-refractivity contribution is 5.77. The number of hydroxylamine groups is 2. The molecule has 0 radical (unpaired) electrons. The first-order valence-electron chi connectivity index (χ1n) is 9.52. The molecule has 4 rings (SSSR count). The molecule has 0 spiro atoms. The first-order chi connectivity index (χ1) is 12.7. The van der Waals surface area contributed by atoms with Crippen molar-refractivity contribution in [3.8, 4) is 0 Å². The first kappa shape index (κ1) is 17.2. The molecule has 0 aromatic rings. The molecular formula is C16H24N6O4. The molecule has 2 fully saturated rings. The monoisotopic (exact) mass is 364 g/mol. The van der Waals surface area contributed by atoms with Crippen molar-refractivity contribution < 1.29 is 19.3 Å². The third-order valence-electron chi connectivity index (χ3n) is 5.46. The Bertz CT molecular complexity index is 560. The number of carbonyl (C=O) groups is 2. The summed E-state index contributed by atoms with van der Waals surface area (Å²) < 4.78 is 0. The number of carbonyl (C=O) groups excluding carboxylic acids is 2. The van der Waals surface area contributed by atoms with Gasteiger partial charge in [-0.3, -0.25) is 0 Å². The minimum absolute atomic E-state index is 0.0351. The highest BCUT2D eigenvalue weighted by Gasteiger charge is 2.38. The molecule has 2 aliphatic carbocycles. The van der Waals surface area contributed by atoms with Crippen molar-refractivity contribution in [1.29, 1.82) is 0 Å². The molecule has 4 aliphatic rings. The third kappa shape index (κ3) is 3.63. The average molecular weight is 364 g/mol. The Balaban J connectivity index is 1.19. The summed E-state index contributed by atoms with van der Waals surface area (Å²) in [6.45, 7) is 0. The van der Waals surface area contributed by atoms with Gasteiger partial charge in [0, 0.05) is 0 Å². The van der Waals surface area contributed by atoms with Crippen molar-refractivity contribution in [3.63, 3.8) is 0 Å². The molecule has 0 N–H and O–H groups in total. The zero-order valence-electron chi connectivity index (χ0n) is 14.7. The summed E-state index contributed by atoms with van der Waals surface area (Å²) in [6, 6.07) is 0.303. The molecule has 0 bridgehead atoms. The van der Waals surface area contributed by atoms with Crippen molar-refractivity contribution in [2.24, 2.45) is 20.7 Å². The zero-order valence-corrected chi connectivity index (χ0v) is 14.7. The van der Waals surface area contributed by atoms with Crippen LogP contribution in [-0.4, -0.2) is 46.5 Å². The number of fused-ring (bicyclic) bond motifs is 2. The highest BCUT2D eigenvalue weighted by Crippen LogP contribution is 2.32. The Morgan fingerprint density at radius 3 is 1.62 bits per heavy atom. The van der Waals surface area contributed by atoms with Crippen LogP contribution < -0.4 is 0 Å². The fourth-order valence-corrected chi connectivity index (χ4v) is 4.01. The Kier molecular flexibility index (Phi) is 4.98. The second kappa shape index (κ2) is 7.55. The maximum atomic E-state index is 12.0. The summed E-state index contributed by atoms with van der Waals surface area (Å²) in [5, 5.41) is 18.8. The Morgan fingerprint density at radius 2 is 1.15 bits per heavy atom. The molecular weight excluding hydrogens is 340 g/mol. The van der Waals surface area contributed by atoms with E-state index in [1.165, 1.54) is 10.3 Å². The van der Waals surface area contributed by atoms with Gasteiger partial charge in [-0.2, -0.15) is 10.2 Å². The molecule has 0 saturated heterocycles. The van der Waals surface area contributed by atoms with Gasteiger partial charge in [-0.1, -0.05) is 36.0 Å². The SMILES string of the molecule is O=C(CCC(=O)ON1N=NC2CCCCC21)ON1N=NC2CCCCC21. The zero-order chi connectivity index (χ0) is 17.9. The molecule has 142 valence electrons. The van der Waals surface area contributed by atoms with Crippen LogP contribution in [0.4, 0.5) is 0 Å². The fraction of sp³-hybridized carbons (Fsp3) is 0.875. The van der Waals surface area contributed by atoms with Gasteiger partial charge < -0.3 is 9.68 Å². The number of nitrogens with zero attached hydrogens (tertiary/aromatic N) is 6. The van der Waals surface area contributed by atoms with Crippen LogP contribution in [0.15, 0.2) is 20.7 Å². The molecule has 2 heterocycles. The molecule has 4 atom stereocenters. The van der Waals surface area contributed by atoms with E-state index in [9.17, 15) is 9.59 Å². The lowest BCUT2D eigenvalue weighted by Crippen LogP contribution is -2.39. The fourth-order valence-electron chi connectivity index (χ4n) is 4.01. The standard InChI is InChI=1S/C16H24N6O4/c23-15(25-21-13-7-3-1-5-11(13)17-19-21)9-10-16(24)26-22-14-8-4-2-6-12(14)18-20-22/h11-14H,1-10H2. The minimum Gasteiger partial charge on any atom is -0.322 e. The number of hydrogen-bond donors (Lipinski definition) is 0. The van der Waals surface area contributed by atoms with E-state index in [1.807, 2.05) is 0 Å². The van der Waals surface area contributed by atoms with Crippen LogP contribution in [-0.2, 0) is 19.3 Å². The van der Waals surface area contributed by atoms with Gasteiger partial charge in [-0.25, -0.2) is 9.59 Å². The Morgan fingerprint density at radius 1 is 0.731 bits per heavy atom. The van der Waals surface area contributed by atoms with Crippen LogP contribution in [0.3, 0.4) is 0 Å². The van der Waals surface area contributed by atoms with Crippen LogP contribution in [0.1, 0.15) is 64.2 Å². The van der Waals surface area contributed by atoms with Crippen molar-refractivity contribution in [1.82, 2.24) is 10.3 Å². The van der Waals surface area contributed by atoms with Gasteiger partial charge in [0.1, 0.15) is 12.1 Å². The lowest BCUT2D eigenvalue weighted by molar-refractivity contribution is -0.208. The molecule has 0 aromatic carbocycles. The van der Waals surface area contributed by atoms with Crippen LogP contribution in [0, 0.1) is 0 Å².